The van der Waals surface area contributed by atoms with Crippen LogP contribution in [0.25, 0.3) is 0 Å². The third-order valence-electron chi connectivity index (χ3n) is 7.07. The van der Waals surface area contributed by atoms with Gasteiger partial charge >= 0.3 is 0 Å². The molecule has 3 aliphatic rings. The van der Waals surface area contributed by atoms with Crippen LogP contribution in [0.15, 0.2) is 23.8 Å². The summed E-state index contributed by atoms with van der Waals surface area (Å²) in [4.78, 5) is 2.48. The lowest BCUT2D eigenvalue weighted by molar-refractivity contribution is 0.132. The fourth-order valence-electron chi connectivity index (χ4n) is 5.22. The van der Waals surface area contributed by atoms with Gasteiger partial charge in [0.25, 0.3) is 0 Å². The first kappa shape index (κ1) is 22.6. The van der Waals surface area contributed by atoms with E-state index < -0.39 is 6.10 Å². The molecule has 162 valence electrons. The Balaban J connectivity index is 1.43. The van der Waals surface area contributed by atoms with E-state index in [2.05, 4.69) is 28.9 Å². The molecule has 29 heavy (non-hydrogen) atoms. The summed E-state index contributed by atoms with van der Waals surface area (Å²) in [5.41, 5.74) is 1.48. The van der Waals surface area contributed by atoms with Crippen LogP contribution in [-0.2, 0) is 4.74 Å². The molecule has 4 nitrogen and oxygen atoms in total. The first-order valence-electron chi connectivity index (χ1n) is 11.5. The number of ether oxygens (including phenoxy) is 1. The minimum atomic E-state index is -0.498. The molecule has 2 N–H and O–H groups in total. The highest BCUT2D eigenvalue weighted by Crippen LogP contribution is 2.50. The molecule has 4 heteroatoms. The molecule has 1 aliphatic heterocycles. The van der Waals surface area contributed by atoms with E-state index in [1.165, 1.54) is 31.5 Å². The zero-order valence-corrected chi connectivity index (χ0v) is 18.2. The van der Waals surface area contributed by atoms with Crippen LogP contribution < -0.4 is 0 Å². The fraction of sp³-hybridized carbons (Fsp3) is 0.760. The van der Waals surface area contributed by atoms with E-state index in [9.17, 15) is 10.2 Å². The van der Waals surface area contributed by atoms with Crippen molar-refractivity contribution in [2.24, 2.45) is 23.7 Å². The number of allylic oxidation sites excluding steroid dienone is 1. The smallest absolute Gasteiger partial charge is 0.0755 e. The minimum absolute atomic E-state index is 0.116. The lowest BCUT2D eigenvalue weighted by Gasteiger charge is -2.19. The number of likely N-dealkylation sites (tertiary alicyclic amines) is 1. The molecule has 3 fully saturated rings. The molecular formula is C25H39NO3. The van der Waals surface area contributed by atoms with Crippen molar-refractivity contribution < 1.29 is 14.9 Å². The zero-order chi connectivity index (χ0) is 20.6. The van der Waals surface area contributed by atoms with Gasteiger partial charge in [-0.2, -0.15) is 0 Å². The number of hydrogen-bond acceptors (Lipinski definition) is 4. The number of aliphatic hydroxyl groups excluding tert-OH is 2. The van der Waals surface area contributed by atoms with Gasteiger partial charge in [-0.05, 0) is 69.9 Å². The van der Waals surface area contributed by atoms with Gasteiger partial charge in [0.05, 0.1) is 25.4 Å². The molecule has 0 amide bonds. The van der Waals surface area contributed by atoms with E-state index in [1.54, 1.807) is 0 Å². The third kappa shape index (κ3) is 6.43. The summed E-state index contributed by atoms with van der Waals surface area (Å²) in [7, 11) is 0. The second kappa shape index (κ2) is 11.3. The van der Waals surface area contributed by atoms with Gasteiger partial charge in [0, 0.05) is 18.9 Å². The average Bonchev–Trinajstić information content (AvgIpc) is 3.41. The van der Waals surface area contributed by atoms with Crippen molar-refractivity contribution in [3.63, 3.8) is 0 Å². The standard InChI is InChI=1S/C25H39NO3/c1-3-4-7-19(2)24(27)9-8-22-23-17-20(16-21(23)18-25(22)28)10-14-29-15-13-26-11-5-6-12-26/h8-10,19,21-25,27-28H,5-7,11-18H2,1-2H3/t19-,21-,22+,23-,24+,25+/m0/s1. The van der Waals surface area contributed by atoms with Gasteiger partial charge in [0.2, 0.25) is 0 Å². The van der Waals surface area contributed by atoms with Crippen molar-refractivity contribution in [2.45, 2.75) is 64.6 Å². The van der Waals surface area contributed by atoms with E-state index in [0.717, 1.165) is 32.4 Å². The van der Waals surface area contributed by atoms with Gasteiger partial charge in [-0.3, -0.25) is 0 Å². The fourth-order valence-corrected chi connectivity index (χ4v) is 5.22. The Morgan fingerprint density at radius 3 is 2.83 bits per heavy atom. The largest absolute Gasteiger partial charge is 0.392 e. The molecule has 0 radical (unpaired) electrons. The summed E-state index contributed by atoms with van der Waals surface area (Å²) < 4.78 is 5.84. The van der Waals surface area contributed by atoms with Gasteiger partial charge < -0.3 is 19.8 Å². The Labute approximate surface area is 177 Å². The van der Waals surface area contributed by atoms with Crippen molar-refractivity contribution in [2.75, 3.05) is 32.8 Å². The summed E-state index contributed by atoms with van der Waals surface area (Å²) in [5.74, 6) is 7.26. The summed E-state index contributed by atoms with van der Waals surface area (Å²) >= 11 is 0. The van der Waals surface area contributed by atoms with Crippen molar-refractivity contribution in [1.82, 2.24) is 4.90 Å². The molecule has 0 aromatic heterocycles. The lowest BCUT2D eigenvalue weighted by Crippen LogP contribution is -2.24. The highest BCUT2D eigenvalue weighted by atomic mass is 16.5. The summed E-state index contributed by atoms with van der Waals surface area (Å²) in [6.07, 6.45) is 11.8. The minimum Gasteiger partial charge on any atom is -0.392 e. The summed E-state index contributed by atoms with van der Waals surface area (Å²) in [5, 5.41) is 20.9. The topological polar surface area (TPSA) is 52.9 Å². The van der Waals surface area contributed by atoms with Crippen LogP contribution in [0.5, 0.6) is 0 Å². The molecule has 0 aromatic carbocycles. The molecule has 0 spiro atoms. The van der Waals surface area contributed by atoms with Crippen molar-refractivity contribution in [3.8, 4) is 11.8 Å². The molecule has 2 aliphatic carbocycles. The highest BCUT2D eigenvalue weighted by molar-refractivity contribution is 5.18. The van der Waals surface area contributed by atoms with Gasteiger partial charge in [-0.15, -0.1) is 11.8 Å². The first-order chi connectivity index (χ1) is 14.1. The van der Waals surface area contributed by atoms with E-state index in [4.69, 9.17) is 4.74 Å². The molecule has 1 saturated heterocycles. The maximum Gasteiger partial charge on any atom is 0.0755 e. The SMILES string of the molecule is CC#CC[C@H](C)[C@H](O)C=C[C@@H]1[C@H]2CC(=CCOCCN3CCCC3)C[C@H]2C[C@H]1O. The van der Waals surface area contributed by atoms with Crippen LogP contribution in [0.1, 0.15) is 52.4 Å². The zero-order valence-electron chi connectivity index (χ0n) is 18.2. The van der Waals surface area contributed by atoms with Crippen molar-refractivity contribution in [1.29, 1.82) is 0 Å². The Kier molecular flexibility index (Phi) is 8.81. The predicted molar refractivity (Wildman–Crippen MR) is 117 cm³/mol. The lowest BCUT2D eigenvalue weighted by atomic mass is 9.89. The molecular weight excluding hydrogens is 362 g/mol. The van der Waals surface area contributed by atoms with E-state index in [-0.39, 0.29) is 17.9 Å². The second-order valence-electron chi connectivity index (χ2n) is 9.18. The van der Waals surface area contributed by atoms with Gasteiger partial charge in [-0.25, -0.2) is 0 Å². The van der Waals surface area contributed by atoms with Gasteiger partial charge in [-0.1, -0.05) is 30.7 Å². The van der Waals surface area contributed by atoms with Crippen LogP contribution in [0.4, 0.5) is 0 Å². The molecule has 2 saturated carbocycles. The number of nitrogens with zero attached hydrogens (tertiary/aromatic N) is 1. The van der Waals surface area contributed by atoms with Gasteiger partial charge in [0.15, 0.2) is 0 Å². The van der Waals surface area contributed by atoms with Crippen LogP contribution >= 0.6 is 0 Å². The molecule has 1 heterocycles. The summed E-state index contributed by atoms with van der Waals surface area (Å²) in [6, 6.07) is 0. The number of rotatable bonds is 9. The predicted octanol–water partition coefficient (Wildman–Crippen LogP) is 3.40. The maximum atomic E-state index is 10.5. The summed E-state index contributed by atoms with van der Waals surface area (Å²) in [6.45, 7) is 8.88. The number of aliphatic hydroxyl groups is 2. The Hall–Kier alpha value is -1.12. The number of fused-ring (bicyclic) bond motifs is 1. The molecule has 6 atom stereocenters. The molecule has 0 aromatic rings. The van der Waals surface area contributed by atoms with E-state index >= 15 is 0 Å². The van der Waals surface area contributed by atoms with Crippen molar-refractivity contribution >= 4 is 0 Å². The normalized spacial score (nSPS) is 33.2. The molecule has 3 rings (SSSR count). The highest BCUT2D eigenvalue weighted by Gasteiger charge is 2.45. The van der Waals surface area contributed by atoms with Crippen LogP contribution in [0.2, 0.25) is 0 Å². The van der Waals surface area contributed by atoms with E-state index in [1.807, 2.05) is 19.9 Å². The molecule has 0 unspecified atom stereocenters. The molecule has 0 bridgehead atoms. The van der Waals surface area contributed by atoms with Crippen molar-refractivity contribution in [3.05, 3.63) is 23.8 Å². The van der Waals surface area contributed by atoms with Crippen LogP contribution in [0, 0.1) is 35.5 Å². The Bertz CT molecular complexity index is 626. The Morgan fingerprint density at radius 1 is 1.28 bits per heavy atom. The second-order valence-corrected chi connectivity index (χ2v) is 9.18. The number of hydrogen-bond donors (Lipinski definition) is 2. The quantitative estimate of drug-likeness (QED) is 0.353. The Morgan fingerprint density at radius 2 is 2.07 bits per heavy atom. The first-order valence-corrected chi connectivity index (χ1v) is 11.5. The monoisotopic (exact) mass is 401 g/mol. The van der Waals surface area contributed by atoms with Gasteiger partial charge in [0.1, 0.15) is 0 Å². The third-order valence-corrected chi connectivity index (χ3v) is 7.07. The average molecular weight is 402 g/mol. The van der Waals surface area contributed by atoms with Crippen LogP contribution in [-0.4, -0.2) is 60.2 Å². The maximum absolute atomic E-state index is 10.5. The van der Waals surface area contributed by atoms with Crippen LogP contribution in [0.3, 0.4) is 0 Å². The van der Waals surface area contributed by atoms with E-state index in [0.29, 0.717) is 24.9 Å².